The molecule has 0 N–H and O–H groups in total. The van der Waals surface area contributed by atoms with Crippen LogP contribution >= 0.6 is 0 Å². The summed E-state index contributed by atoms with van der Waals surface area (Å²) in [5.41, 5.74) is -0.459. The zero-order chi connectivity index (χ0) is 13.3. The lowest BCUT2D eigenvalue weighted by Gasteiger charge is -2.44. The lowest BCUT2D eigenvalue weighted by atomic mass is 9.66. The summed E-state index contributed by atoms with van der Waals surface area (Å²) >= 11 is 0. The van der Waals surface area contributed by atoms with Crippen molar-refractivity contribution < 1.29 is 14.3 Å². The van der Waals surface area contributed by atoms with Gasteiger partial charge in [0.25, 0.3) is 0 Å². The van der Waals surface area contributed by atoms with Crippen LogP contribution in [-0.4, -0.2) is 17.9 Å². The number of allylic oxidation sites excluding steroid dienone is 1. The largest absolute Gasteiger partial charge is 0.447 e. The lowest BCUT2D eigenvalue weighted by Crippen LogP contribution is -2.49. The summed E-state index contributed by atoms with van der Waals surface area (Å²) in [6, 6.07) is 8.83. The first-order valence-corrected chi connectivity index (χ1v) is 6.66. The predicted molar refractivity (Wildman–Crippen MR) is 70.6 cm³/mol. The molecule has 0 amide bonds. The van der Waals surface area contributed by atoms with Gasteiger partial charge in [-0.3, -0.25) is 4.79 Å². The van der Waals surface area contributed by atoms with Crippen LogP contribution < -0.4 is 0 Å². The Hall–Kier alpha value is -1.90. The van der Waals surface area contributed by atoms with Crippen molar-refractivity contribution >= 4 is 12.3 Å². The minimum absolute atomic E-state index is 0.0302. The standard InChI is InChI=1S/C16H16O3/c17-11-16(10-12-6-8-14(16)9-7-12)19-15(18)13-4-2-1-3-5-13/h1-6,8,11-12,14H,7,9-10H2. The third-order valence-corrected chi connectivity index (χ3v) is 4.16. The summed E-state index contributed by atoms with van der Waals surface area (Å²) in [4.78, 5) is 23.7. The van der Waals surface area contributed by atoms with Crippen LogP contribution in [0.2, 0.25) is 0 Å². The first kappa shape index (κ1) is 12.2. The van der Waals surface area contributed by atoms with Crippen LogP contribution in [-0.2, 0) is 9.53 Å². The molecule has 1 aromatic carbocycles. The van der Waals surface area contributed by atoms with E-state index in [-0.39, 0.29) is 5.92 Å². The number of hydrogen-bond donors (Lipinski definition) is 0. The molecule has 3 atom stereocenters. The van der Waals surface area contributed by atoms with E-state index >= 15 is 0 Å². The summed E-state index contributed by atoms with van der Waals surface area (Å²) in [7, 11) is 0. The number of hydrogen-bond acceptors (Lipinski definition) is 3. The minimum Gasteiger partial charge on any atom is -0.447 e. The van der Waals surface area contributed by atoms with Crippen LogP contribution in [0.4, 0.5) is 0 Å². The number of rotatable bonds is 3. The van der Waals surface area contributed by atoms with Crippen molar-refractivity contribution in [1.29, 1.82) is 0 Å². The Kier molecular flexibility index (Phi) is 2.97. The quantitative estimate of drug-likeness (QED) is 0.474. The second-order valence-electron chi connectivity index (χ2n) is 5.36. The normalized spacial score (nSPS) is 32.0. The molecule has 0 spiro atoms. The summed E-state index contributed by atoms with van der Waals surface area (Å²) in [6.45, 7) is 0. The van der Waals surface area contributed by atoms with Gasteiger partial charge >= 0.3 is 5.97 Å². The molecule has 3 unspecified atom stereocenters. The SMILES string of the molecule is O=CC1(OC(=O)c2ccccc2)CC2C=CC1CC2. The van der Waals surface area contributed by atoms with Crippen LogP contribution in [0.1, 0.15) is 29.6 Å². The van der Waals surface area contributed by atoms with Crippen molar-refractivity contribution in [3.8, 4) is 0 Å². The van der Waals surface area contributed by atoms with Crippen LogP contribution in [0.3, 0.4) is 0 Å². The van der Waals surface area contributed by atoms with E-state index in [1.54, 1.807) is 24.3 Å². The molecule has 1 saturated carbocycles. The smallest absolute Gasteiger partial charge is 0.339 e. The number of esters is 1. The maximum atomic E-state index is 12.1. The molecular formula is C16H16O3. The Balaban J connectivity index is 1.83. The van der Waals surface area contributed by atoms with Crippen LogP contribution in [0.15, 0.2) is 42.5 Å². The van der Waals surface area contributed by atoms with E-state index in [9.17, 15) is 9.59 Å². The van der Waals surface area contributed by atoms with E-state index in [2.05, 4.69) is 6.08 Å². The van der Waals surface area contributed by atoms with E-state index in [0.717, 1.165) is 19.1 Å². The van der Waals surface area contributed by atoms with Gasteiger partial charge in [-0.15, -0.1) is 0 Å². The Morgan fingerprint density at radius 3 is 2.53 bits per heavy atom. The number of carbonyl (C=O) groups excluding carboxylic acids is 2. The van der Waals surface area contributed by atoms with Gasteiger partial charge < -0.3 is 4.74 Å². The van der Waals surface area contributed by atoms with Gasteiger partial charge in [0.2, 0.25) is 0 Å². The Bertz CT molecular complexity index is 520. The number of ether oxygens (including phenoxy) is 1. The summed E-state index contributed by atoms with van der Waals surface area (Å²) in [6.07, 6.45) is 7.63. The van der Waals surface area contributed by atoms with Crippen molar-refractivity contribution in [3.63, 3.8) is 0 Å². The van der Waals surface area contributed by atoms with Crippen molar-refractivity contribution in [2.75, 3.05) is 0 Å². The molecular weight excluding hydrogens is 240 g/mol. The first-order valence-electron chi connectivity index (χ1n) is 6.66. The highest BCUT2D eigenvalue weighted by molar-refractivity contribution is 5.91. The van der Waals surface area contributed by atoms with E-state index in [0.29, 0.717) is 17.9 Å². The Morgan fingerprint density at radius 1 is 1.21 bits per heavy atom. The minimum atomic E-state index is -0.954. The topological polar surface area (TPSA) is 43.4 Å². The average Bonchev–Trinajstić information content (AvgIpc) is 2.49. The fourth-order valence-electron chi connectivity index (χ4n) is 3.10. The van der Waals surface area contributed by atoms with E-state index in [1.807, 2.05) is 12.1 Å². The molecule has 0 aromatic heterocycles. The summed E-state index contributed by atoms with van der Waals surface area (Å²) in [5.74, 6) is -0.0184. The molecule has 3 aliphatic rings. The monoisotopic (exact) mass is 256 g/mol. The van der Waals surface area contributed by atoms with Gasteiger partial charge in [-0.2, -0.15) is 0 Å². The molecule has 1 fully saturated rings. The van der Waals surface area contributed by atoms with Gasteiger partial charge in [0, 0.05) is 12.3 Å². The molecule has 3 nitrogen and oxygen atoms in total. The van der Waals surface area contributed by atoms with Gasteiger partial charge in [0.1, 0.15) is 0 Å². The average molecular weight is 256 g/mol. The lowest BCUT2D eigenvalue weighted by molar-refractivity contribution is -0.135. The van der Waals surface area contributed by atoms with Crippen LogP contribution in [0.5, 0.6) is 0 Å². The Labute approximate surface area is 112 Å². The van der Waals surface area contributed by atoms with Gasteiger partial charge in [-0.05, 0) is 30.9 Å². The molecule has 3 aliphatic carbocycles. The molecule has 98 valence electrons. The van der Waals surface area contributed by atoms with Crippen molar-refractivity contribution in [2.45, 2.75) is 24.9 Å². The molecule has 0 radical (unpaired) electrons. The van der Waals surface area contributed by atoms with Crippen LogP contribution in [0.25, 0.3) is 0 Å². The second-order valence-corrected chi connectivity index (χ2v) is 5.36. The summed E-state index contributed by atoms with van der Waals surface area (Å²) in [5, 5.41) is 0. The van der Waals surface area contributed by atoms with Gasteiger partial charge in [-0.1, -0.05) is 30.4 Å². The molecule has 2 bridgehead atoms. The number of carbonyl (C=O) groups is 2. The maximum absolute atomic E-state index is 12.1. The van der Waals surface area contributed by atoms with Crippen molar-refractivity contribution in [2.24, 2.45) is 11.8 Å². The highest BCUT2D eigenvalue weighted by Gasteiger charge is 2.48. The van der Waals surface area contributed by atoms with Crippen molar-refractivity contribution in [3.05, 3.63) is 48.0 Å². The molecule has 0 aliphatic heterocycles. The zero-order valence-electron chi connectivity index (χ0n) is 10.6. The fraction of sp³-hybridized carbons (Fsp3) is 0.375. The number of benzene rings is 1. The maximum Gasteiger partial charge on any atom is 0.339 e. The second kappa shape index (κ2) is 4.65. The molecule has 1 aromatic rings. The predicted octanol–water partition coefficient (Wildman–Crippen LogP) is 2.77. The highest BCUT2D eigenvalue weighted by atomic mass is 16.6. The van der Waals surface area contributed by atoms with E-state index in [1.165, 1.54) is 0 Å². The molecule has 19 heavy (non-hydrogen) atoms. The van der Waals surface area contributed by atoms with E-state index in [4.69, 9.17) is 4.74 Å². The van der Waals surface area contributed by atoms with Gasteiger partial charge in [0.15, 0.2) is 11.9 Å². The number of aldehydes is 1. The molecule has 3 heteroatoms. The number of fused-ring (bicyclic) bond motifs is 2. The third kappa shape index (κ3) is 2.09. The van der Waals surface area contributed by atoms with E-state index < -0.39 is 11.6 Å². The zero-order valence-corrected chi connectivity index (χ0v) is 10.6. The van der Waals surface area contributed by atoms with Crippen LogP contribution in [0, 0.1) is 11.8 Å². The molecule has 4 rings (SSSR count). The van der Waals surface area contributed by atoms with Gasteiger partial charge in [0.05, 0.1) is 5.56 Å². The third-order valence-electron chi connectivity index (χ3n) is 4.16. The Morgan fingerprint density at radius 2 is 2.00 bits per heavy atom. The molecule has 0 heterocycles. The van der Waals surface area contributed by atoms with Crippen molar-refractivity contribution in [1.82, 2.24) is 0 Å². The molecule has 0 saturated heterocycles. The highest BCUT2D eigenvalue weighted by Crippen LogP contribution is 2.44. The van der Waals surface area contributed by atoms with Gasteiger partial charge in [-0.25, -0.2) is 4.79 Å². The first-order chi connectivity index (χ1) is 9.23. The fourth-order valence-corrected chi connectivity index (χ4v) is 3.10. The summed E-state index contributed by atoms with van der Waals surface area (Å²) < 4.78 is 5.59.